The van der Waals surface area contributed by atoms with E-state index in [1.54, 1.807) is 0 Å². The first-order chi connectivity index (χ1) is 7.22. The van der Waals surface area contributed by atoms with Crippen LogP contribution >= 0.6 is 0 Å². The van der Waals surface area contributed by atoms with Crippen molar-refractivity contribution >= 4 is 0 Å². The Balaban J connectivity index is 1.66. The van der Waals surface area contributed by atoms with Crippen LogP contribution in [0.1, 0.15) is 12.0 Å². The number of aromatic nitrogens is 2. The highest BCUT2D eigenvalue weighted by Gasteiger charge is 2.43. The van der Waals surface area contributed by atoms with Crippen molar-refractivity contribution in [3.8, 4) is 0 Å². The number of hydrogen-bond acceptors (Lipinski definition) is 3. The molecule has 0 radical (unpaired) electrons. The van der Waals surface area contributed by atoms with E-state index in [2.05, 4.69) is 28.1 Å². The number of rotatable bonds is 2. The van der Waals surface area contributed by atoms with Gasteiger partial charge in [-0.2, -0.15) is 5.10 Å². The van der Waals surface area contributed by atoms with E-state index in [4.69, 9.17) is 0 Å². The van der Waals surface area contributed by atoms with Gasteiger partial charge in [-0.3, -0.25) is 9.58 Å². The second-order valence-corrected chi connectivity index (χ2v) is 4.96. The second kappa shape index (κ2) is 3.32. The standard InChI is InChI=1S/C11H18N4/c1-13-7-10-3-11(8-13)15(10)6-9-4-12-14(2)5-9/h4-5,10-11H,3,6-8H2,1-2H3. The van der Waals surface area contributed by atoms with Crippen LogP contribution < -0.4 is 0 Å². The van der Waals surface area contributed by atoms with Gasteiger partial charge >= 0.3 is 0 Å². The predicted molar refractivity (Wildman–Crippen MR) is 58.4 cm³/mol. The van der Waals surface area contributed by atoms with E-state index in [9.17, 15) is 0 Å². The average Bonchev–Trinajstić information content (AvgIpc) is 2.60. The lowest BCUT2D eigenvalue weighted by atomic mass is 9.87. The summed E-state index contributed by atoms with van der Waals surface area (Å²) in [4.78, 5) is 5.07. The maximum Gasteiger partial charge on any atom is 0.0534 e. The van der Waals surface area contributed by atoms with Crippen LogP contribution in [0.4, 0.5) is 0 Å². The van der Waals surface area contributed by atoms with Crippen LogP contribution in [-0.2, 0) is 13.6 Å². The molecule has 0 amide bonds. The highest BCUT2D eigenvalue weighted by molar-refractivity contribution is 5.08. The van der Waals surface area contributed by atoms with E-state index < -0.39 is 0 Å². The Kier molecular flexibility index (Phi) is 2.07. The van der Waals surface area contributed by atoms with Crippen molar-refractivity contribution in [1.29, 1.82) is 0 Å². The van der Waals surface area contributed by atoms with Crippen LogP contribution in [-0.4, -0.2) is 51.8 Å². The maximum atomic E-state index is 4.22. The first kappa shape index (κ1) is 9.36. The van der Waals surface area contributed by atoms with Gasteiger partial charge in [0.05, 0.1) is 6.20 Å². The van der Waals surface area contributed by atoms with Crippen LogP contribution in [0, 0.1) is 0 Å². The predicted octanol–water partition coefficient (Wildman–Crippen LogP) is 0.308. The number of piperidine rings is 1. The second-order valence-electron chi connectivity index (χ2n) is 4.96. The molecule has 0 aromatic carbocycles. The molecule has 4 nitrogen and oxygen atoms in total. The zero-order valence-corrected chi connectivity index (χ0v) is 9.43. The molecule has 3 fully saturated rings. The largest absolute Gasteiger partial charge is 0.303 e. The summed E-state index contributed by atoms with van der Waals surface area (Å²) in [6, 6.07) is 1.57. The SMILES string of the molecule is CN1CC2CC(C1)N2Cc1cnn(C)c1. The van der Waals surface area contributed by atoms with Crippen LogP contribution in [0.25, 0.3) is 0 Å². The lowest BCUT2D eigenvalue weighted by Gasteiger charge is -2.55. The zero-order chi connectivity index (χ0) is 10.4. The van der Waals surface area contributed by atoms with Crippen molar-refractivity contribution in [1.82, 2.24) is 19.6 Å². The van der Waals surface area contributed by atoms with Gasteiger partial charge in [0, 0.05) is 50.5 Å². The normalized spacial score (nSPS) is 31.6. The fourth-order valence-electron chi connectivity index (χ4n) is 2.92. The molecule has 4 heterocycles. The van der Waals surface area contributed by atoms with Gasteiger partial charge in [0.2, 0.25) is 0 Å². The van der Waals surface area contributed by atoms with Crippen LogP contribution in [0.3, 0.4) is 0 Å². The summed E-state index contributed by atoms with van der Waals surface area (Å²) < 4.78 is 1.89. The van der Waals surface area contributed by atoms with Crippen molar-refractivity contribution in [3.63, 3.8) is 0 Å². The van der Waals surface area contributed by atoms with E-state index in [1.807, 2.05) is 17.9 Å². The van der Waals surface area contributed by atoms with Crippen LogP contribution in [0.5, 0.6) is 0 Å². The molecule has 0 spiro atoms. The molecule has 3 aliphatic rings. The lowest BCUT2D eigenvalue weighted by Crippen LogP contribution is -2.67. The number of piperazine rings is 1. The molecule has 3 saturated heterocycles. The molecule has 2 bridgehead atoms. The third-order valence-corrected chi connectivity index (χ3v) is 3.65. The molecule has 2 unspecified atom stereocenters. The topological polar surface area (TPSA) is 24.3 Å². The highest BCUT2D eigenvalue weighted by atomic mass is 15.3. The molecule has 1 aromatic rings. The minimum absolute atomic E-state index is 0.786. The Morgan fingerprint density at radius 2 is 2.07 bits per heavy atom. The van der Waals surface area contributed by atoms with Gasteiger partial charge < -0.3 is 4.90 Å². The average molecular weight is 206 g/mol. The summed E-state index contributed by atoms with van der Waals surface area (Å²) in [7, 11) is 4.20. The minimum atomic E-state index is 0.786. The Morgan fingerprint density at radius 3 is 2.67 bits per heavy atom. The van der Waals surface area contributed by atoms with Crippen molar-refractivity contribution in [2.75, 3.05) is 20.1 Å². The zero-order valence-electron chi connectivity index (χ0n) is 9.43. The van der Waals surface area contributed by atoms with Gasteiger partial charge in [-0.25, -0.2) is 0 Å². The molecule has 1 aromatic heterocycles. The number of hydrogen-bond donors (Lipinski definition) is 0. The first-order valence-electron chi connectivity index (χ1n) is 5.64. The van der Waals surface area contributed by atoms with E-state index >= 15 is 0 Å². The van der Waals surface area contributed by atoms with Gasteiger partial charge in [0.25, 0.3) is 0 Å². The van der Waals surface area contributed by atoms with Crippen LogP contribution in [0.15, 0.2) is 12.4 Å². The molecule has 2 atom stereocenters. The highest BCUT2D eigenvalue weighted by Crippen LogP contribution is 2.32. The third kappa shape index (κ3) is 1.58. The first-order valence-corrected chi connectivity index (χ1v) is 5.64. The quantitative estimate of drug-likeness (QED) is 0.696. The van der Waals surface area contributed by atoms with Crippen molar-refractivity contribution in [2.45, 2.75) is 25.0 Å². The van der Waals surface area contributed by atoms with Crippen molar-refractivity contribution in [3.05, 3.63) is 18.0 Å². The molecular weight excluding hydrogens is 188 g/mol. The van der Waals surface area contributed by atoms with Gasteiger partial charge in [-0.05, 0) is 13.5 Å². The molecule has 4 rings (SSSR count). The fraction of sp³-hybridized carbons (Fsp3) is 0.727. The molecular formula is C11H18N4. The summed E-state index contributed by atoms with van der Waals surface area (Å²) in [6.07, 6.45) is 5.50. The maximum absolute atomic E-state index is 4.22. The molecule has 3 aliphatic heterocycles. The number of aryl methyl sites for hydroxylation is 1. The Hall–Kier alpha value is -0.870. The van der Waals surface area contributed by atoms with Gasteiger partial charge in [0.15, 0.2) is 0 Å². The van der Waals surface area contributed by atoms with E-state index in [0.717, 1.165) is 18.6 Å². The molecule has 4 heteroatoms. The van der Waals surface area contributed by atoms with E-state index in [0.29, 0.717) is 0 Å². The molecule has 15 heavy (non-hydrogen) atoms. The monoisotopic (exact) mass is 206 g/mol. The fourth-order valence-corrected chi connectivity index (χ4v) is 2.92. The van der Waals surface area contributed by atoms with Gasteiger partial charge in [0.1, 0.15) is 0 Å². The van der Waals surface area contributed by atoms with E-state index in [-0.39, 0.29) is 0 Å². The summed E-state index contributed by atoms with van der Waals surface area (Å²) in [5.74, 6) is 0. The number of likely N-dealkylation sites (N-methyl/N-ethyl adjacent to an activating group) is 1. The number of fused-ring (bicyclic) bond motifs is 2. The summed E-state index contributed by atoms with van der Waals surface area (Å²) >= 11 is 0. The van der Waals surface area contributed by atoms with Crippen molar-refractivity contribution < 1.29 is 0 Å². The molecule has 0 saturated carbocycles. The summed E-state index contributed by atoms with van der Waals surface area (Å²) in [5, 5.41) is 4.22. The third-order valence-electron chi connectivity index (χ3n) is 3.65. The van der Waals surface area contributed by atoms with E-state index in [1.165, 1.54) is 25.1 Å². The molecule has 0 aliphatic carbocycles. The Bertz CT molecular complexity index is 347. The van der Waals surface area contributed by atoms with Gasteiger partial charge in [-0.15, -0.1) is 0 Å². The van der Waals surface area contributed by atoms with Crippen LogP contribution in [0.2, 0.25) is 0 Å². The minimum Gasteiger partial charge on any atom is -0.303 e. The molecule has 0 N–H and O–H groups in total. The Morgan fingerprint density at radius 1 is 1.33 bits per heavy atom. The lowest BCUT2D eigenvalue weighted by molar-refractivity contribution is -0.0668. The Labute approximate surface area is 90.5 Å². The van der Waals surface area contributed by atoms with Gasteiger partial charge in [-0.1, -0.05) is 0 Å². The summed E-state index contributed by atoms with van der Waals surface area (Å²) in [6.45, 7) is 3.55. The smallest absolute Gasteiger partial charge is 0.0534 e. The molecule has 82 valence electrons. The van der Waals surface area contributed by atoms with Crippen molar-refractivity contribution in [2.24, 2.45) is 7.05 Å². The summed E-state index contributed by atoms with van der Waals surface area (Å²) in [5.41, 5.74) is 1.34. The number of nitrogens with zero attached hydrogens (tertiary/aromatic N) is 4.